The Morgan fingerprint density at radius 1 is 1.19 bits per heavy atom. The zero-order chi connectivity index (χ0) is 19.6. The van der Waals surface area contributed by atoms with E-state index in [4.69, 9.17) is 9.26 Å². The molecule has 1 aromatic carbocycles. The Balaban J connectivity index is 1.94. The minimum atomic E-state index is -0.441. The Kier molecular flexibility index (Phi) is 7.98. The fourth-order valence-electron chi connectivity index (χ4n) is 2.62. The molecule has 0 unspecified atom stereocenters. The molecular formula is C20H27N3O4. The van der Waals surface area contributed by atoms with Gasteiger partial charge in [0.05, 0.1) is 18.6 Å². The molecule has 0 aliphatic rings. The van der Waals surface area contributed by atoms with Crippen molar-refractivity contribution in [2.45, 2.75) is 65.0 Å². The van der Waals surface area contributed by atoms with Gasteiger partial charge in [-0.2, -0.15) is 4.98 Å². The minimum Gasteiger partial charge on any atom is -0.463 e. The number of rotatable bonds is 10. The number of benzene rings is 1. The van der Waals surface area contributed by atoms with Gasteiger partial charge < -0.3 is 14.6 Å². The molecule has 0 radical (unpaired) electrons. The van der Waals surface area contributed by atoms with Gasteiger partial charge in [0, 0.05) is 19.3 Å². The molecule has 0 bridgehead atoms. The molecule has 1 aromatic heterocycles. The second kappa shape index (κ2) is 10.4. The van der Waals surface area contributed by atoms with Crippen molar-refractivity contribution in [1.29, 1.82) is 0 Å². The lowest BCUT2D eigenvalue weighted by Crippen LogP contribution is -2.31. The minimum absolute atomic E-state index is 0.0785. The van der Waals surface area contributed by atoms with Crippen LogP contribution in [0, 0.1) is 0 Å². The molecule has 0 fully saturated rings. The first-order valence-electron chi connectivity index (χ1n) is 9.33. The predicted octanol–water partition coefficient (Wildman–Crippen LogP) is 3.15. The third-order valence-corrected chi connectivity index (χ3v) is 3.82. The van der Waals surface area contributed by atoms with Crippen molar-refractivity contribution in [3.8, 4) is 0 Å². The summed E-state index contributed by atoms with van der Waals surface area (Å²) < 4.78 is 10.4. The predicted molar refractivity (Wildman–Crippen MR) is 99.8 cm³/mol. The van der Waals surface area contributed by atoms with Crippen LogP contribution >= 0.6 is 0 Å². The van der Waals surface area contributed by atoms with Crippen molar-refractivity contribution in [2.75, 3.05) is 0 Å². The maximum absolute atomic E-state index is 12.4. The summed E-state index contributed by atoms with van der Waals surface area (Å²) in [4.78, 5) is 28.7. The molecule has 0 saturated heterocycles. The second-order valence-corrected chi connectivity index (χ2v) is 6.63. The molecule has 1 amide bonds. The molecule has 0 aliphatic heterocycles. The highest BCUT2D eigenvalue weighted by molar-refractivity contribution is 5.78. The number of nitrogens with zero attached hydrogens (tertiary/aromatic N) is 2. The van der Waals surface area contributed by atoms with Crippen molar-refractivity contribution in [3.63, 3.8) is 0 Å². The first kappa shape index (κ1) is 20.6. The van der Waals surface area contributed by atoms with E-state index in [2.05, 4.69) is 15.5 Å². The number of esters is 1. The second-order valence-electron chi connectivity index (χ2n) is 6.63. The lowest BCUT2D eigenvalue weighted by Gasteiger charge is -2.19. The number of aromatic nitrogens is 2. The van der Waals surface area contributed by atoms with Crippen LogP contribution in [0.15, 0.2) is 34.9 Å². The summed E-state index contributed by atoms with van der Waals surface area (Å²) in [5, 5.41) is 6.79. The first-order chi connectivity index (χ1) is 13.0. The molecule has 0 spiro atoms. The summed E-state index contributed by atoms with van der Waals surface area (Å²) in [7, 11) is 0. The molecule has 1 N–H and O–H groups in total. The standard InChI is InChI=1S/C20H27N3O4/c1-4-8-17-22-19(27-23-17)12-11-18(24)21-16(13-20(25)26-14(2)3)15-9-6-5-7-10-15/h5-7,9-10,14,16H,4,8,11-13H2,1-3H3,(H,21,24)/t16-/m0/s1. The van der Waals surface area contributed by atoms with Crippen LogP contribution in [0.4, 0.5) is 0 Å². The number of nitrogens with one attached hydrogen (secondary N) is 1. The van der Waals surface area contributed by atoms with Gasteiger partial charge in [-0.1, -0.05) is 42.4 Å². The van der Waals surface area contributed by atoms with Crippen LogP contribution < -0.4 is 5.32 Å². The number of carbonyl (C=O) groups excluding carboxylic acids is 2. The molecule has 7 nitrogen and oxygen atoms in total. The van der Waals surface area contributed by atoms with Gasteiger partial charge in [0.2, 0.25) is 11.8 Å². The average molecular weight is 373 g/mol. The third-order valence-electron chi connectivity index (χ3n) is 3.82. The van der Waals surface area contributed by atoms with Crippen molar-refractivity contribution in [1.82, 2.24) is 15.5 Å². The molecule has 1 atom stereocenters. The lowest BCUT2D eigenvalue weighted by atomic mass is 10.0. The monoisotopic (exact) mass is 373 g/mol. The largest absolute Gasteiger partial charge is 0.463 e. The summed E-state index contributed by atoms with van der Waals surface area (Å²) in [6, 6.07) is 8.94. The number of hydrogen-bond donors (Lipinski definition) is 1. The molecule has 2 rings (SSSR count). The van der Waals surface area contributed by atoms with Gasteiger partial charge in [0.15, 0.2) is 5.82 Å². The highest BCUT2D eigenvalue weighted by Gasteiger charge is 2.20. The van der Waals surface area contributed by atoms with Crippen molar-refractivity contribution in [2.24, 2.45) is 0 Å². The van der Waals surface area contributed by atoms with Gasteiger partial charge >= 0.3 is 5.97 Å². The van der Waals surface area contributed by atoms with E-state index in [9.17, 15) is 9.59 Å². The summed E-state index contributed by atoms with van der Waals surface area (Å²) in [6.45, 7) is 5.63. The van der Waals surface area contributed by atoms with E-state index in [0.717, 1.165) is 18.4 Å². The fourth-order valence-corrected chi connectivity index (χ4v) is 2.62. The Bertz CT molecular complexity index is 728. The average Bonchev–Trinajstić information content (AvgIpc) is 3.07. The van der Waals surface area contributed by atoms with E-state index in [1.165, 1.54) is 0 Å². The highest BCUT2D eigenvalue weighted by Crippen LogP contribution is 2.18. The third kappa shape index (κ3) is 7.21. The van der Waals surface area contributed by atoms with Crippen LogP contribution in [-0.2, 0) is 27.2 Å². The number of carbonyl (C=O) groups is 2. The molecule has 7 heteroatoms. The molecule has 27 heavy (non-hydrogen) atoms. The van der Waals surface area contributed by atoms with Gasteiger partial charge in [-0.25, -0.2) is 0 Å². The Hall–Kier alpha value is -2.70. The summed E-state index contributed by atoms with van der Waals surface area (Å²) in [5.74, 6) is 0.576. The molecule has 1 heterocycles. The van der Waals surface area contributed by atoms with E-state index in [-0.39, 0.29) is 30.8 Å². The van der Waals surface area contributed by atoms with Gasteiger partial charge in [0.25, 0.3) is 0 Å². The maximum Gasteiger partial charge on any atom is 0.308 e. The first-order valence-corrected chi connectivity index (χ1v) is 9.33. The van der Waals surface area contributed by atoms with Crippen LogP contribution in [0.5, 0.6) is 0 Å². The molecule has 0 saturated carbocycles. The number of amides is 1. The summed E-state index contributed by atoms with van der Waals surface area (Å²) >= 11 is 0. The van der Waals surface area contributed by atoms with E-state index >= 15 is 0 Å². The van der Waals surface area contributed by atoms with Crippen LogP contribution in [-0.4, -0.2) is 28.1 Å². The molecule has 0 aliphatic carbocycles. The van der Waals surface area contributed by atoms with Gasteiger partial charge in [-0.05, 0) is 25.8 Å². The molecular weight excluding hydrogens is 346 g/mol. The highest BCUT2D eigenvalue weighted by atomic mass is 16.5. The van der Waals surface area contributed by atoms with E-state index in [1.54, 1.807) is 13.8 Å². The zero-order valence-electron chi connectivity index (χ0n) is 16.1. The quantitative estimate of drug-likeness (QED) is 0.643. The van der Waals surface area contributed by atoms with Crippen LogP contribution in [0.1, 0.15) is 63.4 Å². The normalized spacial score (nSPS) is 12.0. The zero-order valence-corrected chi connectivity index (χ0v) is 16.1. The Morgan fingerprint density at radius 2 is 1.93 bits per heavy atom. The molecule has 146 valence electrons. The van der Waals surface area contributed by atoms with Crippen LogP contribution in [0.3, 0.4) is 0 Å². The maximum atomic E-state index is 12.4. The van der Waals surface area contributed by atoms with Crippen LogP contribution in [0.25, 0.3) is 0 Å². The van der Waals surface area contributed by atoms with Gasteiger partial charge in [-0.15, -0.1) is 0 Å². The fraction of sp³-hybridized carbons (Fsp3) is 0.500. The Morgan fingerprint density at radius 3 is 2.59 bits per heavy atom. The van der Waals surface area contributed by atoms with E-state index < -0.39 is 6.04 Å². The van der Waals surface area contributed by atoms with Crippen molar-refractivity contribution >= 4 is 11.9 Å². The SMILES string of the molecule is CCCc1noc(CCC(=O)N[C@@H](CC(=O)OC(C)C)c2ccccc2)n1. The van der Waals surface area contributed by atoms with E-state index in [0.29, 0.717) is 18.1 Å². The molecule has 2 aromatic rings. The number of hydrogen-bond acceptors (Lipinski definition) is 6. The van der Waals surface area contributed by atoms with Gasteiger partial charge in [0.1, 0.15) is 0 Å². The Labute approximate surface area is 159 Å². The number of ether oxygens (including phenoxy) is 1. The summed E-state index contributed by atoms with van der Waals surface area (Å²) in [6.07, 6.45) is 2.14. The van der Waals surface area contributed by atoms with E-state index in [1.807, 2.05) is 37.3 Å². The van der Waals surface area contributed by atoms with Crippen molar-refractivity contribution in [3.05, 3.63) is 47.6 Å². The van der Waals surface area contributed by atoms with Crippen molar-refractivity contribution < 1.29 is 18.8 Å². The van der Waals surface area contributed by atoms with Gasteiger partial charge in [-0.3, -0.25) is 9.59 Å². The lowest BCUT2D eigenvalue weighted by molar-refractivity contribution is -0.148. The number of aryl methyl sites for hydroxylation is 2. The smallest absolute Gasteiger partial charge is 0.308 e. The van der Waals surface area contributed by atoms with Crippen LogP contribution in [0.2, 0.25) is 0 Å². The topological polar surface area (TPSA) is 94.3 Å². The summed E-state index contributed by atoms with van der Waals surface area (Å²) in [5.41, 5.74) is 0.856.